The van der Waals surface area contributed by atoms with Gasteiger partial charge in [0.1, 0.15) is 5.82 Å². The van der Waals surface area contributed by atoms with Crippen LogP contribution in [0, 0.1) is 11.7 Å². The Morgan fingerprint density at radius 2 is 2.32 bits per heavy atom. The molecule has 124 valence electrons. The minimum absolute atomic E-state index is 0. The number of benzene rings is 1. The summed E-state index contributed by atoms with van der Waals surface area (Å²) in [5.74, 6) is 1.12. The predicted octanol–water partition coefficient (Wildman–Crippen LogP) is 3.25. The van der Waals surface area contributed by atoms with Crippen molar-refractivity contribution >= 4 is 45.9 Å². The second-order valence-corrected chi connectivity index (χ2v) is 6.10. The van der Waals surface area contributed by atoms with Gasteiger partial charge in [-0.15, -0.1) is 24.0 Å². The first-order valence-electron chi connectivity index (χ1n) is 7.03. The highest BCUT2D eigenvalue weighted by molar-refractivity contribution is 14.0. The van der Waals surface area contributed by atoms with E-state index in [1.807, 2.05) is 7.05 Å². The molecule has 2 rings (SSSR count). The van der Waals surface area contributed by atoms with Crippen LogP contribution in [0.3, 0.4) is 0 Å². The average molecular weight is 486 g/mol. The van der Waals surface area contributed by atoms with Crippen LogP contribution < -0.4 is 5.32 Å². The van der Waals surface area contributed by atoms with E-state index in [1.54, 1.807) is 13.1 Å². The molecular formula is C15H22BrFIN3O. The molecule has 1 unspecified atom stereocenters. The number of halogens is 3. The second-order valence-electron chi connectivity index (χ2n) is 5.25. The first kappa shape index (κ1) is 19.6. The number of hydrogen-bond acceptors (Lipinski definition) is 2. The Bertz CT molecular complexity index is 510. The van der Waals surface area contributed by atoms with Gasteiger partial charge in [-0.25, -0.2) is 4.39 Å². The van der Waals surface area contributed by atoms with E-state index in [9.17, 15) is 4.39 Å². The topological polar surface area (TPSA) is 36.9 Å². The molecule has 1 heterocycles. The quantitative estimate of drug-likeness (QED) is 0.404. The van der Waals surface area contributed by atoms with E-state index < -0.39 is 0 Å². The smallest absolute Gasteiger partial charge is 0.193 e. The van der Waals surface area contributed by atoms with Crippen LogP contribution in [0.4, 0.5) is 4.39 Å². The molecule has 1 fully saturated rings. The molecule has 0 aliphatic carbocycles. The molecule has 0 aromatic heterocycles. The van der Waals surface area contributed by atoms with Crippen LogP contribution in [0.2, 0.25) is 0 Å². The van der Waals surface area contributed by atoms with Gasteiger partial charge in [0.15, 0.2) is 5.96 Å². The van der Waals surface area contributed by atoms with E-state index in [2.05, 4.69) is 31.1 Å². The fourth-order valence-corrected chi connectivity index (χ4v) is 2.83. The third-order valence-corrected chi connectivity index (χ3v) is 4.35. The van der Waals surface area contributed by atoms with Gasteiger partial charge in [0, 0.05) is 44.2 Å². The number of hydrogen-bond donors (Lipinski definition) is 1. The van der Waals surface area contributed by atoms with Crippen molar-refractivity contribution in [1.29, 1.82) is 0 Å². The lowest BCUT2D eigenvalue weighted by Gasteiger charge is -2.24. The van der Waals surface area contributed by atoms with Crippen LogP contribution >= 0.6 is 39.9 Å². The van der Waals surface area contributed by atoms with Crippen molar-refractivity contribution in [3.8, 4) is 0 Å². The molecule has 1 aliphatic rings. The first-order valence-corrected chi connectivity index (χ1v) is 7.83. The van der Waals surface area contributed by atoms with Gasteiger partial charge in [0.2, 0.25) is 0 Å². The molecule has 1 saturated heterocycles. The van der Waals surface area contributed by atoms with E-state index in [1.165, 1.54) is 12.1 Å². The van der Waals surface area contributed by atoms with Crippen molar-refractivity contribution in [3.05, 3.63) is 34.1 Å². The lowest BCUT2D eigenvalue weighted by atomic mass is 10.1. The number of nitrogens with one attached hydrogen (secondary N) is 1. The third-order valence-electron chi connectivity index (χ3n) is 3.57. The molecule has 7 heteroatoms. The Hall–Kier alpha value is -0.410. The van der Waals surface area contributed by atoms with E-state index >= 15 is 0 Å². The lowest BCUT2D eigenvalue weighted by Crippen LogP contribution is -2.41. The summed E-state index contributed by atoms with van der Waals surface area (Å²) < 4.78 is 19.6. The van der Waals surface area contributed by atoms with Crippen LogP contribution in [-0.2, 0) is 11.3 Å². The highest BCUT2D eigenvalue weighted by atomic mass is 127. The van der Waals surface area contributed by atoms with Crippen LogP contribution in [0.1, 0.15) is 12.0 Å². The lowest BCUT2D eigenvalue weighted by molar-refractivity contribution is 0.181. The van der Waals surface area contributed by atoms with E-state index in [-0.39, 0.29) is 29.8 Å². The summed E-state index contributed by atoms with van der Waals surface area (Å²) in [6, 6.07) is 4.68. The molecule has 0 spiro atoms. The Morgan fingerprint density at radius 3 is 2.95 bits per heavy atom. The Morgan fingerprint density at radius 1 is 1.55 bits per heavy atom. The number of guanidine groups is 1. The maximum atomic E-state index is 13.3. The zero-order valence-electron chi connectivity index (χ0n) is 12.8. The van der Waals surface area contributed by atoms with Crippen LogP contribution in [0.25, 0.3) is 0 Å². The fraction of sp³-hybridized carbons (Fsp3) is 0.533. The monoisotopic (exact) mass is 485 g/mol. The number of aliphatic imine (C=N–C) groups is 1. The molecule has 1 aromatic rings. The first-order chi connectivity index (χ1) is 10.1. The zero-order valence-corrected chi connectivity index (χ0v) is 16.7. The predicted molar refractivity (Wildman–Crippen MR) is 101 cm³/mol. The molecule has 4 nitrogen and oxygen atoms in total. The van der Waals surface area contributed by atoms with Crippen LogP contribution in [0.15, 0.2) is 27.7 Å². The molecule has 0 amide bonds. The third kappa shape index (κ3) is 5.66. The van der Waals surface area contributed by atoms with Crippen LogP contribution in [0.5, 0.6) is 0 Å². The minimum atomic E-state index is -0.235. The van der Waals surface area contributed by atoms with Gasteiger partial charge in [-0.1, -0.05) is 15.9 Å². The second kappa shape index (κ2) is 9.67. The molecule has 1 aliphatic heterocycles. The molecule has 22 heavy (non-hydrogen) atoms. The molecular weight excluding hydrogens is 464 g/mol. The summed E-state index contributed by atoms with van der Waals surface area (Å²) in [5.41, 5.74) is 0.869. The van der Waals surface area contributed by atoms with Crippen molar-refractivity contribution in [2.24, 2.45) is 10.9 Å². The van der Waals surface area contributed by atoms with Gasteiger partial charge in [0.05, 0.1) is 6.61 Å². The highest BCUT2D eigenvalue weighted by Gasteiger charge is 2.19. The zero-order chi connectivity index (χ0) is 15.2. The maximum Gasteiger partial charge on any atom is 0.193 e. The Kier molecular flexibility index (Phi) is 8.63. The molecule has 0 radical (unpaired) electrons. The van der Waals surface area contributed by atoms with E-state index in [0.29, 0.717) is 12.5 Å². The van der Waals surface area contributed by atoms with Crippen LogP contribution in [-0.4, -0.2) is 44.7 Å². The minimum Gasteiger partial charge on any atom is -0.381 e. The summed E-state index contributed by atoms with van der Waals surface area (Å²) in [6.45, 7) is 3.10. The molecule has 1 atom stereocenters. The normalized spacial score (nSPS) is 18.0. The van der Waals surface area contributed by atoms with E-state index in [0.717, 1.165) is 42.2 Å². The van der Waals surface area contributed by atoms with Gasteiger partial charge < -0.3 is 15.0 Å². The highest BCUT2D eigenvalue weighted by Crippen LogP contribution is 2.18. The SMILES string of the molecule is CN=C(NCc1cc(F)ccc1Br)N(C)CC1CCOC1.I. The average Bonchev–Trinajstić information content (AvgIpc) is 2.96. The van der Waals surface area contributed by atoms with Crippen molar-refractivity contribution in [2.75, 3.05) is 33.9 Å². The van der Waals surface area contributed by atoms with Gasteiger partial charge in [-0.05, 0) is 30.2 Å². The van der Waals surface area contributed by atoms with Crippen molar-refractivity contribution in [3.63, 3.8) is 0 Å². The Labute approximate surface area is 156 Å². The summed E-state index contributed by atoms with van der Waals surface area (Å²) >= 11 is 3.43. The summed E-state index contributed by atoms with van der Waals surface area (Å²) in [7, 11) is 3.76. The van der Waals surface area contributed by atoms with E-state index in [4.69, 9.17) is 4.74 Å². The van der Waals surface area contributed by atoms with Crippen molar-refractivity contribution < 1.29 is 9.13 Å². The van der Waals surface area contributed by atoms with Crippen molar-refractivity contribution in [2.45, 2.75) is 13.0 Å². The summed E-state index contributed by atoms with van der Waals surface area (Å²) in [6.07, 6.45) is 1.09. The molecule has 1 aromatic carbocycles. The number of rotatable bonds is 4. The number of nitrogens with zero attached hydrogens (tertiary/aromatic N) is 2. The fourth-order valence-electron chi connectivity index (χ4n) is 2.44. The largest absolute Gasteiger partial charge is 0.381 e. The van der Waals surface area contributed by atoms with Gasteiger partial charge >= 0.3 is 0 Å². The standard InChI is InChI=1S/C15H21BrFN3O.HI/c1-18-15(20(2)9-11-5-6-21-10-11)19-8-12-7-13(17)3-4-14(12)16;/h3-4,7,11H,5-6,8-10H2,1-2H3,(H,18,19);1H. The maximum absolute atomic E-state index is 13.3. The number of ether oxygens (including phenoxy) is 1. The molecule has 0 bridgehead atoms. The Balaban J connectivity index is 0.00000242. The van der Waals surface area contributed by atoms with Gasteiger partial charge in [-0.2, -0.15) is 0 Å². The molecule has 0 saturated carbocycles. The summed E-state index contributed by atoms with van der Waals surface area (Å²) in [5, 5.41) is 3.27. The van der Waals surface area contributed by atoms with Crippen molar-refractivity contribution in [1.82, 2.24) is 10.2 Å². The molecule has 1 N–H and O–H groups in total. The van der Waals surface area contributed by atoms with Gasteiger partial charge in [-0.3, -0.25) is 4.99 Å². The summed E-state index contributed by atoms with van der Waals surface area (Å²) in [4.78, 5) is 6.37. The van der Waals surface area contributed by atoms with Gasteiger partial charge in [0.25, 0.3) is 0 Å².